The van der Waals surface area contributed by atoms with Gasteiger partial charge in [0, 0.05) is 18.9 Å². The van der Waals surface area contributed by atoms with Crippen LogP contribution in [-0.4, -0.2) is 45.2 Å². The molecule has 6 nitrogen and oxygen atoms in total. The van der Waals surface area contributed by atoms with Crippen molar-refractivity contribution < 1.29 is 14.6 Å². The highest BCUT2D eigenvalue weighted by atomic mass is 16.5. The molecule has 0 unspecified atom stereocenters. The third kappa shape index (κ3) is 4.69. The van der Waals surface area contributed by atoms with E-state index in [1.54, 1.807) is 6.20 Å². The zero-order valence-electron chi connectivity index (χ0n) is 15.5. The van der Waals surface area contributed by atoms with Crippen molar-refractivity contribution in [3.05, 3.63) is 48.5 Å². The molecule has 0 spiro atoms. The van der Waals surface area contributed by atoms with E-state index in [4.69, 9.17) is 4.74 Å². The predicted molar refractivity (Wildman–Crippen MR) is 102 cm³/mol. The van der Waals surface area contributed by atoms with Crippen LogP contribution in [0.2, 0.25) is 0 Å². The minimum absolute atomic E-state index is 0.572. The molecule has 2 heterocycles. The topological polar surface area (TPSA) is 67.6 Å². The number of nitrogens with zero attached hydrogens (tertiary/aromatic N) is 3. The highest BCUT2D eigenvalue weighted by Gasteiger charge is 2.31. The zero-order valence-corrected chi connectivity index (χ0v) is 15.5. The second-order valence-electron chi connectivity index (χ2n) is 7.80. The Balaban J connectivity index is 1.35. The normalized spacial score (nSPS) is 19.7. The number of hydrogen-bond donors (Lipinski definition) is 1. The van der Waals surface area contributed by atoms with Gasteiger partial charge in [0.15, 0.2) is 0 Å². The number of rotatable bonds is 8. The second-order valence-corrected chi connectivity index (χ2v) is 7.80. The fraction of sp³-hybridized carbons (Fsp3) is 0.524. The minimum atomic E-state index is -0.783. The largest absolute Gasteiger partial charge is 0.493 e. The van der Waals surface area contributed by atoms with Gasteiger partial charge in [-0.25, -0.2) is 4.98 Å². The summed E-state index contributed by atoms with van der Waals surface area (Å²) >= 11 is 0. The SMILES string of the molecule is O=C(O)[C@H](c1ccc(OCC2CC2)cc1)N1CCC(Cn2ccnc2)CC1. The lowest BCUT2D eigenvalue weighted by molar-refractivity contribution is -0.144. The number of piperidine rings is 1. The third-order valence-corrected chi connectivity index (χ3v) is 5.65. The van der Waals surface area contributed by atoms with Gasteiger partial charge < -0.3 is 14.4 Å². The van der Waals surface area contributed by atoms with E-state index in [0.29, 0.717) is 11.8 Å². The van der Waals surface area contributed by atoms with Crippen LogP contribution in [0.5, 0.6) is 5.75 Å². The molecule has 0 amide bonds. The van der Waals surface area contributed by atoms with Gasteiger partial charge in [0.25, 0.3) is 0 Å². The second kappa shape index (κ2) is 8.13. The Morgan fingerprint density at radius 2 is 1.89 bits per heavy atom. The fourth-order valence-electron chi connectivity index (χ4n) is 3.84. The molecule has 1 aromatic carbocycles. The first-order valence-electron chi connectivity index (χ1n) is 9.84. The van der Waals surface area contributed by atoms with Gasteiger partial charge in [0.1, 0.15) is 11.8 Å². The van der Waals surface area contributed by atoms with Gasteiger partial charge in [0.05, 0.1) is 12.9 Å². The van der Waals surface area contributed by atoms with Crippen molar-refractivity contribution in [3.63, 3.8) is 0 Å². The minimum Gasteiger partial charge on any atom is -0.493 e. The first kappa shape index (κ1) is 18.0. The van der Waals surface area contributed by atoms with Crippen LogP contribution in [0.4, 0.5) is 0 Å². The number of carbonyl (C=O) groups is 1. The van der Waals surface area contributed by atoms with Crippen LogP contribution >= 0.6 is 0 Å². The van der Waals surface area contributed by atoms with Crippen LogP contribution < -0.4 is 4.74 Å². The van der Waals surface area contributed by atoms with E-state index >= 15 is 0 Å². The summed E-state index contributed by atoms with van der Waals surface area (Å²) in [6.45, 7) is 3.33. The number of benzene rings is 1. The van der Waals surface area contributed by atoms with E-state index in [9.17, 15) is 9.90 Å². The van der Waals surface area contributed by atoms with Gasteiger partial charge >= 0.3 is 5.97 Å². The Bertz CT molecular complexity index is 733. The van der Waals surface area contributed by atoms with Gasteiger partial charge in [-0.2, -0.15) is 0 Å². The number of hydrogen-bond acceptors (Lipinski definition) is 4. The molecule has 0 radical (unpaired) electrons. The standard InChI is InChI=1S/C21H27N3O3/c25-21(26)20(18-3-5-19(6-4-18)27-14-17-1-2-17)24-10-7-16(8-11-24)13-23-12-9-22-15-23/h3-6,9,12,15-17,20H,1-2,7-8,10-11,13-14H2,(H,25,26)/t20-/m0/s1. The van der Waals surface area contributed by atoms with E-state index in [2.05, 4.69) is 14.5 Å². The lowest BCUT2D eigenvalue weighted by Crippen LogP contribution is -2.40. The lowest BCUT2D eigenvalue weighted by Gasteiger charge is -2.36. The molecule has 1 atom stereocenters. The van der Waals surface area contributed by atoms with Gasteiger partial charge in [-0.05, 0) is 68.3 Å². The van der Waals surface area contributed by atoms with Gasteiger partial charge in [0.2, 0.25) is 0 Å². The number of aliphatic carboxylic acids is 1. The van der Waals surface area contributed by atoms with Crippen LogP contribution in [0, 0.1) is 11.8 Å². The molecule has 144 valence electrons. The molecule has 1 saturated carbocycles. The zero-order chi connectivity index (χ0) is 18.6. The molecule has 4 rings (SSSR count). The van der Waals surface area contributed by atoms with E-state index < -0.39 is 12.0 Å². The maximum Gasteiger partial charge on any atom is 0.325 e. The molecule has 1 aliphatic heterocycles. The Morgan fingerprint density at radius 3 is 2.48 bits per heavy atom. The third-order valence-electron chi connectivity index (χ3n) is 5.65. The summed E-state index contributed by atoms with van der Waals surface area (Å²) in [5.74, 6) is 1.33. The van der Waals surface area contributed by atoms with E-state index in [-0.39, 0.29) is 0 Å². The smallest absolute Gasteiger partial charge is 0.325 e. The summed E-state index contributed by atoms with van der Waals surface area (Å²) in [5, 5.41) is 9.82. The molecule has 1 saturated heterocycles. The van der Waals surface area contributed by atoms with Crippen LogP contribution in [-0.2, 0) is 11.3 Å². The average Bonchev–Trinajstić information content (AvgIpc) is 3.37. The van der Waals surface area contributed by atoms with Crippen molar-refractivity contribution in [1.82, 2.24) is 14.5 Å². The molecule has 1 N–H and O–H groups in total. The average molecular weight is 369 g/mol. The molecule has 2 aromatic rings. The maximum absolute atomic E-state index is 12.0. The molecule has 6 heteroatoms. The summed E-state index contributed by atoms with van der Waals surface area (Å²) < 4.78 is 7.87. The molecule has 27 heavy (non-hydrogen) atoms. The first-order chi connectivity index (χ1) is 13.2. The molecule has 0 bridgehead atoms. The van der Waals surface area contributed by atoms with E-state index in [1.807, 2.05) is 36.8 Å². The van der Waals surface area contributed by atoms with Gasteiger partial charge in [-0.15, -0.1) is 0 Å². The summed E-state index contributed by atoms with van der Waals surface area (Å²) in [6, 6.07) is 7.02. The van der Waals surface area contributed by atoms with Gasteiger partial charge in [-0.1, -0.05) is 12.1 Å². The van der Waals surface area contributed by atoms with Crippen molar-refractivity contribution >= 4 is 5.97 Å². The van der Waals surface area contributed by atoms with E-state index in [1.165, 1.54) is 12.8 Å². The first-order valence-corrected chi connectivity index (χ1v) is 9.84. The van der Waals surface area contributed by atoms with Crippen molar-refractivity contribution in [3.8, 4) is 5.75 Å². The van der Waals surface area contributed by atoms with Gasteiger partial charge in [-0.3, -0.25) is 9.69 Å². The van der Waals surface area contributed by atoms with Crippen LogP contribution in [0.1, 0.15) is 37.3 Å². The predicted octanol–water partition coefficient (Wildman–Crippen LogP) is 3.21. The Kier molecular flexibility index (Phi) is 5.43. The monoisotopic (exact) mass is 369 g/mol. The van der Waals surface area contributed by atoms with Crippen LogP contribution in [0.3, 0.4) is 0 Å². The Labute approximate surface area is 159 Å². The number of carboxylic acids is 1. The molecule has 1 aliphatic carbocycles. The van der Waals surface area contributed by atoms with Crippen LogP contribution in [0.15, 0.2) is 43.0 Å². The molecular formula is C21H27N3O3. The lowest BCUT2D eigenvalue weighted by atomic mass is 9.94. The molecule has 1 aromatic heterocycles. The highest BCUT2D eigenvalue weighted by molar-refractivity contribution is 5.75. The number of carboxylic acid groups (broad SMARTS) is 1. The summed E-state index contributed by atoms with van der Waals surface area (Å²) in [6.07, 6.45) is 10.2. The maximum atomic E-state index is 12.0. The quantitative estimate of drug-likeness (QED) is 0.774. The Morgan fingerprint density at radius 1 is 1.15 bits per heavy atom. The van der Waals surface area contributed by atoms with Crippen molar-refractivity contribution in [1.29, 1.82) is 0 Å². The summed E-state index contributed by atoms with van der Waals surface area (Å²) in [5.41, 5.74) is 0.828. The Hall–Kier alpha value is -2.34. The van der Waals surface area contributed by atoms with Crippen molar-refractivity contribution in [2.75, 3.05) is 19.7 Å². The number of imidazole rings is 1. The summed E-state index contributed by atoms with van der Waals surface area (Å²) in [7, 11) is 0. The molecule has 2 aliphatic rings. The number of likely N-dealkylation sites (tertiary alicyclic amines) is 1. The van der Waals surface area contributed by atoms with Crippen molar-refractivity contribution in [2.24, 2.45) is 11.8 Å². The number of aromatic nitrogens is 2. The van der Waals surface area contributed by atoms with Crippen LogP contribution in [0.25, 0.3) is 0 Å². The number of ether oxygens (including phenoxy) is 1. The highest BCUT2D eigenvalue weighted by Crippen LogP contribution is 2.31. The molecular weight excluding hydrogens is 342 g/mol. The van der Waals surface area contributed by atoms with Crippen molar-refractivity contribution in [2.45, 2.75) is 38.3 Å². The fourth-order valence-corrected chi connectivity index (χ4v) is 3.84. The summed E-state index contributed by atoms with van der Waals surface area (Å²) in [4.78, 5) is 18.1. The molecule has 2 fully saturated rings. The van der Waals surface area contributed by atoms with E-state index in [0.717, 1.165) is 50.4 Å².